The number of benzene rings is 1. The van der Waals surface area contributed by atoms with Crippen molar-refractivity contribution >= 4 is 11.5 Å². The summed E-state index contributed by atoms with van der Waals surface area (Å²) in [5, 5.41) is 11.8. The molecule has 0 aliphatic rings. The first-order valence-electron chi connectivity index (χ1n) is 6.22. The van der Waals surface area contributed by atoms with E-state index in [9.17, 15) is 0 Å². The number of amidine groups is 1. The molecule has 2 aromatic rings. The number of anilines is 1. The first-order chi connectivity index (χ1) is 9.51. The summed E-state index contributed by atoms with van der Waals surface area (Å²) < 4.78 is 7.00. The molecule has 6 nitrogen and oxygen atoms in total. The summed E-state index contributed by atoms with van der Waals surface area (Å²) in [6.07, 6.45) is 3.79. The zero-order valence-electron chi connectivity index (χ0n) is 11.9. The molecule has 20 heavy (non-hydrogen) atoms. The molecular weight excluding hydrogens is 254 g/mol. The third-order valence-electron chi connectivity index (χ3n) is 3.08. The predicted octanol–water partition coefficient (Wildman–Crippen LogP) is 1.35. The third kappa shape index (κ3) is 2.90. The first kappa shape index (κ1) is 13.9. The van der Waals surface area contributed by atoms with Gasteiger partial charge in [0.25, 0.3) is 0 Å². The summed E-state index contributed by atoms with van der Waals surface area (Å²) in [6.45, 7) is 0.682. The molecule has 1 aromatic heterocycles. The van der Waals surface area contributed by atoms with Crippen LogP contribution in [0.2, 0.25) is 0 Å². The maximum absolute atomic E-state index is 7.67. The first-order valence-corrected chi connectivity index (χ1v) is 6.22. The SMILES string of the molecule is COc1ccc(C(=N)N)c(N(C)Cc2cnn(C)c2)c1. The van der Waals surface area contributed by atoms with Crippen LogP contribution in [0.3, 0.4) is 0 Å². The molecule has 0 aliphatic carbocycles. The van der Waals surface area contributed by atoms with Crippen LogP contribution in [-0.4, -0.2) is 29.8 Å². The van der Waals surface area contributed by atoms with Crippen molar-refractivity contribution in [3.63, 3.8) is 0 Å². The van der Waals surface area contributed by atoms with Gasteiger partial charge in [0.15, 0.2) is 0 Å². The highest BCUT2D eigenvalue weighted by Crippen LogP contribution is 2.26. The van der Waals surface area contributed by atoms with E-state index in [1.807, 2.05) is 37.5 Å². The monoisotopic (exact) mass is 273 g/mol. The Kier molecular flexibility index (Phi) is 3.93. The lowest BCUT2D eigenvalue weighted by atomic mass is 10.1. The van der Waals surface area contributed by atoms with Crippen LogP contribution < -0.4 is 15.4 Å². The number of hydrogen-bond acceptors (Lipinski definition) is 4. The van der Waals surface area contributed by atoms with Crippen molar-refractivity contribution in [1.82, 2.24) is 9.78 Å². The average molecular weight is 273 g/mol. The molecule has 106 valence electrons. The van der Waals surface area contributed by atoms with Crippen molar-refractivity contribution in [2.24, 2.45) is 12.8 Å². The van der Waals surface area contributed by atoms with Crippen molar-refractivity contribution in [2.75, 3.05) is 19.1 Å². The Bertz CT molecular complexity index is 620. The van der Waals surface area contributed by atoms with Gasteiger partial charge in [0.1, 0.15) is 11.6 Å². The molecule has 0 unspecified atom stereocenters. The smallest absolute Gasteiger partial charge is 0.124 e. The van der Waals surface area contributed by atoms with Crippen molar-refractivity contribution in [3.05, 3.63) is 41.7 Å². The molecule has 0 saturated heterocycles. The van der Waals surface area contributed by atoms with Crippen LogP contribution in [0.5, 0.6) is 5.75 Å². The van der Waals surface area contributed by atoms with E-state index in [2.05, 4.69) is 5.10 Å². The average Bonchev–Trinajstić information content (AvgIpc) is 2.83. The molecular formula is C14H19N5O. The fourth-order valence-electron chi connectivity index (χ4n) is 2.09. The van der Waals surface area contributed by atoms with Crippen LogP contribution in [0.4, 0.5) is 5.69 Å². The van der Waals surface area contributed by atoms with E-state index in [-0.39, 0.29) is 5.84 Å². The molecule has 6 heteroatoms. The molecule has 1 heterocycles. The molecule has 0 amide bonds. The number of nitrogen functional groups attached to an aromatic ring is 1. The second-order valence-corrected chi connectivity index (χ2v) is 4.68. The number of nitrogens with two attached hydrogens (primary N) is 1. The van der Waals surface area contributed by atoms with Crippen molar-refractivity contribution in [3.8, 4) is 5.75 Å². The lowest BCUT2D eigenvalue weighted by Gasteiger charge is -2.22. The predicted molar refractivity (Wildman–Crippen MR) is 79.3 cm³/mol. The van der Waals surface area contributed by atoms with E-state index in [1.165, 1.54) is 0 Å². The minimum Gasteiger partial charge on any atom is -0.497 e. The van der Waals surface area contributed by atoms with Crippen LogP contribution >= 0.6 is 0 Å². The Hall–Kier alpha value is -2.50. The van der Waals surface area contributed by atoms with Gasteiger partial charge in [0.2, 0.25) is 0 Å². The van der Waals surface area contributed by atoms with Gasteiger partial charge in [0.05, 0.1) is 19.0 Å². The van der Waals surface area contributed by atoms with Crippen molar-refractivity contribution in [2.45, 2.75) is 6.54 Å². The van der Waals surface area contributed by atoms with E-state index < -0.39 is 0 Å². The molecule has 0 spiro atoms. The molecule has 2 rings (SSSR count). The van der Waals surface area contributed by atoms with Crippen LogP contribution in [-0.2, 0) is 13.6 Å². The van der Waals surface area contributed by atoms with Gasteiger partial charge >= 0.3 is 0 Å². The molecule has 0 atom stereocenters. The van der Waals surface area contributed by atoms with E-state index in [1.54, 1.807) is 23.9 Å². The largest absolute Gasteiger partial charge is 0.497 e. The van der Waals surface area contributed by atoms with E-state index in [0.29, 0.717) is 12.1 Å². The number of aromatic nitrogens is 2. The number of nitrogens with zero attached hydrogens (tertiary/aromatic N) is 3. The van der Waals surface area contributed by atoms with Crippen molar-refractivity contribution in [1.29, 1.82) is 5.41 Å². The molecule has 0 saturated carbocycles. The van der Waals surface area contributed by atoms with E-state index in [0.717, 1.165) is 17.0 Å². The minimum atomic E-state index is 0.0423. The third-order valence-corrected chi connectivity index (χ3v) is 3.08. The zero-order valence-corrected chi connectivity index (χ0v) is 11.9. The van der Waals surface area contributed by atoms with Gasteiger partial charge < -0.3 is 15.4 Å². The highest BCUT2D eigenvalue weighted by molar-refractivity contribution is 6.00. The molecule has 0 radical (unpaired) electrons. The zero-order chi connectivity index (χ0) is 14.7. The fraction of sp³-hybridized carbons (Fsp3) is 0.286. The summed E-state index contributed by atoms with van der Waals surface area (Å²) in [5.74, 6) is 0.781. The summed E-state index contributed by atoms with van der Waals surface area (Å²) in [7, 11) is 5.46. The summed E-state index contributed by atoms with van der Waals surface area (Å²) in [4.78, 5) is 2.02. The number of methoxy groups -OCH3 is 1. The van der Waals surface area contributed by atoms with Gasteiger partial charge in [0, 0.05) is 44.0 Å². The molecule has 0 bridgehead atoms. The summed E-state index contributed by atoms with van der Waals surface area (Å²) >= 11 is 0. The Morgan fingerprint density at radius 2 is 2.25 bits per heavy atom. The van der Waals surface area contributed by atoms with Crippen LogP contribution in [0.15, 0.2) is 30.6 Å². The lowest BCUT2D eigenvalue weighted by molar-refractivity contribution is 0.415. The normalized spacial score (nSPS) is 10.3. The Morgan fingerprint density at radius 3 is 2.80 bits per heavy atom. The van der Waals surface area contributed by atoms with Gasteiger partial charge in [-0.2, -0.15) is 5.10 Å². The fourth-order valence-corrected chi connectivity index (χ4v) is 2.09. The molecule has 3 N–H and O–H groups in total. The highest BCUT2D eigenvalue weighted by Gasteiger charge is 2.12. The standard InChI is InChI=1S/C14H19N5O/c1-18(8-10-7-17-19(2)9-10)13-6-11(20-3)4-5-12(13)14(15)16/h4-7,9H,8H2,1-3H3,(H3,15,16). The Morgan fingerprint density at radius 1 is 1.50 bits per heavy atom. The number of rotatable bonds is 5. The van der Waals surface area contributed by atoms with Crippen LogP contribution in [0, 0.1) is 5.41 Å². The number of aryl methyl sites for hydroxylation is 1. The maximum atomic E-state index is 7.67. The maximum Gasteiger partial charge on any atom is 0.124 e. The molecule has 1 aromatic carbocycles. The van der Waals surface area contributed by atoms with E-state index in [4.69, 9.17) is 15.9 Å². The Labute approximate surface area is 118 Å². The van der Waals surface area contributed by atoms with Gasteiger partial charge in [-0.3, -0.25) is 10.1 Å². The summed E-state index contributed by atoms with van der Waals surface area (Å²) in [6, 6.07) is 5.49. The van der Waals surface area contributed by atoms with Gasteiger partial charge in [-0.05, 0) is 12.1 Å². The molecule has 0 aliphatic heterocycles. The molecule has 0 fully saturated rings. The quantitative estimate of drug-likeness (QED) is 0.636. The van der Waals surface area contributed by atoms with Crippen molar-refractivity contribution < 1.29 is 4.74 Å². The van der Waals surface area contributed by atoms with Gasteiger partial charge in [-0.1, -0.05) is 0 Å². The number of ether oxygens (including phenoxy) is 1. The minimum absolute atomic E-state index is 0.0423. The van der Waals surface area contributed by atoms with Gasteiger partial charge in [-0.25, -0.2) is 0 Å². The summed E-state index contributed by atoms with van der Waals surface area (Å²) in [5.41, 5.74) is 8.28. The Balaban J connectivity index is 2.31. The number of nitrogens with one attached hydrogen (secondary N) is 1. The lowest BCUT2D eigenvalue weighted by Crippen LogP contribution is -2.22. The second kappa shape index (κ2) is 5.64. The highest BCUT2D eigenvalue weighted by atomic mass is 16.5. The number of hydrogen-bond donors (Lipinski definition) is 2. The van der Waals surface area contributed by atoms with Crippen LogP contribution in [0.1, 0.15) is 11.1 Å². The van der Waals surface area contributed by atoms with Crippen LogP contribution in [0.25, 0.3) is 0 Å². The van der Waals surface area contributed by atoms with Gasteiger partial charge in [-0.15, -0.1) is 0 Å². The topological polar surface area (TPSA) is 80.2 Å². The van der Waals surface area contributed by atoms with E-state index >= 15 is 0 Å². The second-order valence-electron chi connectivity index (χ2n) is 4.68.